The topological polar surface area (TPSA) is 66.8 Å². The molecule has 2 aromatic rings. The summed E-state index contributed by atoms with van der Waals surface area (Å²) in [5.41, 5.74) is 0.993. The van der Waals surface area contributed by atoms with Gasteiger partial charge >= 0.3 is 0 Å². The number of amides is 1. The van der Waals surface area contributed by atoms with Crippen molar-refractivity contribution in [3.05, 3.63) is 64.7 Å². The number of hydrogen-bond acceptors (Lipinski definition) is 4. The van der Waals surface area contributed by atoms with Gasteiger partial charge in [-0.15, -0.1) is 0 Å². The number of aliphatic imine (C=N–C) groups is 1. The van der Waals surface area contributed by atoms with E-state index >= 15 is 0 Å². The number of carbonyl (C=O) groups excluding carboxylic acids is 1. The van der Waals surface area contributed by atoms with E-state index < -0.39 is 33.4 Å². The minimum Gasteiger partial charge on any atom is -0.315 e. The van der Waals surface area contributed by atoms with Crippen molar-refractivity contribution in [1.29, 1.82) is 0 Å². The number of carbonyl (C=O) groups is 1. The molecule has 0 saturated carbocycles. The molecule has 1 amide bonds. The van der Waals surface area contributed by atoms with Gasteiger partial charge in [0, 0.05) is 10.9 Å². The van der Waals surface area contributed by atoms with Crippen LogP contribution in [0, 0.1) is 11.6 Å². The summed E-state index contributed by atoms with van der Waals surface area (Å²) in [7, 11) is -3.23. The van der Waals surface area contributed by atoms with E-state index in [0.717, 1.165) is 0 Å². The Bertz CT molecular complexity index is 1110. The van der Waals surface area contributed by atoms with Gasteiger partial charge in [-0.1, -0.05) is 35.5 Å². The van der Waals surface area contributed by atoms with Gasteiger partial charge in [-0.05, 0) is 35.9 Å². The van der Waals surface area contributed by atoms with E-state index in [0.29, 0.717) is 16.4 Å². The van der Waals surface area contributed by atoms with Crippen LogP contribution in [0.25, 0.3) is 0 Å². The third kappa shape index (κ3) is 4.31. The first-order valence-electron chi connectivity index (χ1n) is 8.69. The van der Waals surface area contributed by atoms with E-state index in [4.69, 9.17) is 11.6 Å². The quantitative estimate of drug-likeness (QED) is 0.707. The number of sulfone groups is 1. The van der Waals surface area contributed by atoms with Gasteiger partial charge in [0.1, 0.15) is 11.6 Å². The highest BCUT2D eigenvalue weighted by Gasteiger charge is 2.49. The molecule has 2 fully saturated rings. The molecule has 0 N–H and O–H groups in total. The SMILES string of the molecule is O=C(Cc1ccc(F)cc1)N=C1S[C@H]2CS(=O)(=O)C[C@H]2N1c1ccc(Cl)c(F)c1. The predicted octanol–water partition coefficient (Wildman–Crippen LogP) is 3.46. The average molecular weight is 457 g/mol. The standard InChI is InChI=1S/C19H15ClF2N2O3S2/c20-14-6-5-13(8-15(14)22)24-16-9-29(26,27)10-17(16)28-19(24)23-18(25)7-11-1-3-12(21)4-2-11/h1-6,8,16-17H,7,9-10H2/t16-,17+/m1/s1. The molecule has 5 nitrogen and oxygen atoms in total. The molecule has 2 saturated heterocycles. The Balaban J connectivity index is 1.65. The van der Waals surface area contributed by atoms with Gasteiger partial charge in [-0.25, -0.2) is 17.2 Å². The first-order chi connectivity index (χ1) is 13.7. The van der Waals surface area contributed by atoms with Crippen molar-refractivity contribution in [3.63, 3.8) is 0 Å². The molecule has 0 aliphatic carbocycles. The number of fused-ring (bicyclic) bond motifs is 1. The van der Waals surface area contributed by atoms with Gasteiger partial charge in [0.05, 0.1) is 29.0 Å². The third-order valence-corrected chi connectivity index (χ3v) is 8.25. The molecular weight excluding hydrogens is 442 g/mol. The number of thioether (sulfide) groups is 1. The normalized spacial score (nSPS) is 24.1. The zero-order chi connectivity index (χ0) is 20.8. The van der Waals surface area contributed by atoms with Crippen LogP contribution in [0.15, 0.2) is 47.5 Å². The highest BCUT2D eigenvalue weighted by Crippen LogP contribution is 2.41. The Hall–Kier alpha value is -1.97. The molecule has 0 bridgehead atoms. The van der Waals surface area contributed by atoms with Crippen LogP contribution in [0.3, 0.4) is 0 Å². The van der Waals surface area contributed by atoms with Crippen LogP contribution in [0.4, 0.5) is 14.5 Å². The van der Waals surface area contributed by atoms with Gasteiger partial charge in [0.15, 0.2) is 15.0 Å². The molecule has 2 aliphatic heterocycles. The molecule has 2 atom stereocenters. The van der Waals surface area contributed by atoms with Crippen LogP contribution >= 0.6 is 23.4 Å². The average Bonchev–Trinajstić information content (AvgIpc) is 3.10. The summed E-state index contributed by atoms with van der Waals surface area (Å²) < 4.78 is 51.2. The summed E-state index contributed by atoms with van der Waals surface area (Å²) >= 11 is 6.96. The van der Waals surface area contributed by atoms with Gasteiger partial charge in [0.2, 0.25) is 0 Å². The maximum Gasteiger partial charge on any atom is 0.252 e. The zero-order valence-electron chi connectivity index (χ0n) is 14.9. The second-order valence-corrected chi connectivity index (χ2v) is 10.6. The van der Waals surface area contributed by atoms with Crippen molar-refractivity contribution in [2.75, 3.05) is 16.4 Å². The molecule has 2 aliphatic rings. The molecule has 10 heteroatoms. The van der Waals surface area contributed by atoms with E-state index in [2.05, 4.69) is 4.99 Å². The fourth-order valence-corrected chi connectivity index (χ4v) is 7.47. The lowest BCUT2D eigenvalue weighted by molar-refractivity contribution is -0.117. The maximum atomic E-state index is 14.0. The number of anilines is 1. The minimum atomic E-state index is -3.23. The van der Waals surface area contributed by atoms with Crippen LogP contribution in [0.2, 0.25) is 5.02 Å². The number of benzene rings is 2. The van der Waals surface area contributed by atoms with Crippen molar-refractivity contribution >= 4 is 50.0 Å². The number of nitrogens with zero attached hydrogens (tertiary/aromatic N) is 2. The number of amidine groups is 1. The summed E-state index contributed by atoms with van der Waals surface area (Å²) in [5, 5.41) is -0.0260. The number of rotatable bonds is 3. The molecule has 0 radical (unpaired) electrons. The second-order valence-electron chi connectivity index (χ2n) is 6.86. The molecular formula is C19H15ClF2N2O3S2. The van der Waals surface area contributed by atoms with E-state index in [1.54, 1.807) is 11.0 Å². The van der Waals surface area contributed by atoms with Crippen molar-refractivity contribution in [1.82, 2.24) is 0 Å². The van der Waals surface area contributed by atoms with Crippen LogP contribution in [0.1, 0.15) is 5.56 Å². The van der Waals surface area contributed by atoms with Crippen molar-refractivity contribution in [2.45, 2.75) is 17.7 Å². The minimum absolute atomic E-state index is 0.0270. The van der Waals surface area contributed by atoms with Crippen LogP contribution in [-0.2, 0) is 21.1 Å². The van der Waals surface area contributed by atoms with Crippen molar-refractivity contribution in [3.8, 4) is 0 Å². The van der Waals surface area contributed by atoms with E-state index in [1.807, 2.05) is 0 Å². The fourth-order valence-electron chi connectivity index (χ4n) is 3.42. The Morgan fingerprint density at radius 3 is 2.59 bits per heavy atom. The van der Waals surface area contributed by atoms with E-state index in [-0.39, 0.29) is 28.2 Å². The molecule has 2 heterocycles. The molecule has 29 heavy (non-hydrogen) atoms. The summed E-state index contributed by atoms with van der Waals surface area (Å²) in [6.07, 6.45) is -0.0270. The Kier molecular flexibility index (Phi) is 5.39. The fraction of sp³-hybridized carbons (Fsp3) is 0.263. The van der Waals surface area contributed by atoms with E-state index in [1.165, 1.54) is 48.2 Å². The van der Waals surface area contributed by atoms with Gasteiger partial charge in [-0.3, -0.25) is 4.79 Å². The summed E-state index contributed by atoms with van der Waals surface area (Å²) in [5.74, 6) is -1.62. The van der Waals surface area contributed by atoms with Crippen LogP contribution in [0.5, 0.6) is 0 Å². The van der Waals surface area contributed by atoms with Gasteiger partial charge in [0.25, 0.3) is 5.91 Å². The summed E-state index contributed by atoms with van der Waals surface area (Å²) in [4.78, 5) is 18.2. The lowest BCUT2D eigenvalue weighted by Gasteiger charge is -2.24. The van der Waals surface area contributed by atoms with Crippen LogP contribution < -0.4 is 4.90 Å². The van der Waals surface area contributed by atoms with Gasteiger partial charge < -0.3 is 4.90 Å². The zero-order valence-corrected chi connectivity index (χ0v) is 17.3. The predicted molar refractivity (Wildman–Crippen MR) is 110 cm³/mol. The first kappa shape index (κ1) is 20.3. The molecule has 0 spiro atoms. The van der Waals surface area contributed by atoms with E-state index in [9.17, 15) is 22.0 Å². The summed E-state index contributed by atoms with van der Waals surface area (Å²) in [6.45, 7) is 0. The lowest BCUT2D eigenvalue weighted by atomic mass is 10.1. The molecule has 4 rings (SSSR count). The molecule has 0 aromatic heterocycles. The Morgan fingerprint density at radius 2 is 1.90 bits per heavy atom. The molecule has 2 aromatic carbocycles. The number of halogens is 3. The van der Waals surface area contributed by atoms with Gasteiger partial charge in [-0.2, -0.15) is 4.99 Å². The summed E-state index contributed by atoms with van der Waals surface area (Å²) in [6, 6.07) is 9.24. The second kappa shape index (κ2) is 7.70. The third-order valence-electron chi connectivity index (χ3n) is 4.74. The highest BCUT2D eigenvalue weighted by atomic mass is 35.5. The smallest absolute Gasteiger partial charge is 0.252 e. The Morgan fingerprint density at radius 1 is 1.17 bits per heavy atom. The number of hydrogen-bond donors (Lipinski definition) is 0. The van der Waals surface area contributed by atoms with Crippen LogP contribution in [-0.4, -0.2) is 42.3 Å². The Labute approximate surface area is 175 Å². The molecule has 152 valence electrons. The van der Waals surface area contributed by atoms with Crippen molar-refractivity contribution in [2.24, 2.45) is 4.99 Å². The van der Waals surface area contributed by atoms with Crippen molar-refractivity contribution < 1.29 is 22.0 Å². The monoisotopic (exact) mass is 456 g/mol. The lowest BCUT2D eigenvalue weighted by Crippen LogP contribution is -2.37. The first-order valence-corrected chi connectivity index (χ1v) is 11.8. The largest absolute Gasteiger partial charge is 0.315 e. The molecule has 0 unspecified atom stereocenters. The highest BCUT2D eigenvalue weighted by molar-refractivity contribution is 8.16. The maximum absolute atomic E-state index is 14.0.